The normalized spacial score (nSPS) is 12.1. The molecule has 2 N–H and O–H groups in total. The lowest BCUT2D eigenvalue weighted by Gasteiger charge is -2.23. The first kappa shape index (κ1) is 58.9. The quantitative estimate of drug-likeness (QED) is 0.0918. The molecule has 0 fully saturated rings. The molecular formula is C65H53ClF2N6O14. The monoisotopic (exact) mass is 1210 g/mol. The lowest BCUT2D eigenvalue weighted by Crippen LogP contribution is -2.29. The van der Waals surface area contributed by atoms with Crippen LogP contribution in [0.1, 0.15) is 40.1 Å². The molecule has 10 aromatic rings. The molecule has 0 aliphatic carbocycles. The van der Waals surface area contributed by atoms with Gasteiger partial charge in [-0.25, -0.2) is 8.78 Å². The minimum atomic E-state index is -0.771. The average molecular weight is 1220 g/mol. The zero-order valence-corrected chi connectivity index (χ0v) is 48.5. The van der Waals surface area contributed by atoms with Gasteiger partial charge in [-0.1, -0.05) is 29.3 Å². The van der Waals surface area contributed by atoms with Gasteiger partial charge in [0.05, 0.1) is 49.2 Å². The third kappa shape index (κ3) is 12.0. The number of nitrogens with one attached hydrogen (secondary N) is 2. The van der Waals surface area contributed by atoms with Gasteiger partial charge in [0, 0.05) is 76.8 Å². The number of carbonyl (C=O) groups is 2. The number of benzene rings is 6. The van der Waals surface area contributed by atoms with Crippen LogP contribution in [0, 0.1) is 18.6 Å². The van der Waals surface area contributed by atoms with Crippen LogP contribution in [0.15, 0.2) is 156 Å². The molecule has 0 spiro atoms. The maximum Gasteiger partial charge on any atom is 0.271 e. The fourth-order valence-corrected chi connectivity index (χ4v) is 9.82. The molecule has 2 amide bonds. The van der Waals surface area contributed by atoms with E-state index in [0.717, 1.165) is 17.7 Å². The zero-order valence-electron chi connectivity index (χ0n) is 47.7. The maximum atomic E-state index is 15.4. The van der Waals surface area contributed by atoms with Crippen molar-refractivity contribution in [1.82, 2.24) is 19.1 Å². The van der Waals surface area contributed by atoms with Crippen molar-refractivity contribution in [2.75, 3.05) is 64.5 Å². The molecule has 6 heterocycles. The van der Waals surface area contributed by atoms with Crippen LogP contribution in [0.4, 0.5) is 20.2 Å². The third-order valence-corrected chi connectivity index (χ3v) is 14.0. The number of aryl methyl sites for hydroxylation is 1. The first-order chi connectivity index (χ1) is 42.7. The van der Waals surface area contributed by atoms with Crippen molar-refractivity contribution >= 4 is 56.6 Å². The van der Waals surface area contributed by atoms with E-state index < -0.39 is 34.6 Å². The van der Waals surface area contributed by atoms with Gasteiger partial charge in [-0.05, 0) is 106 Å². The molecule has 2 aliphatic rings. The average Bonchev–Trinajstić information content (AvgIpc) is 2.07. The van der Waals surface area contributed by atoms with E-state index in [1.165, 1.54) is 72.3 Å². The number of nitrogens with zero attached hydrogens (tertiary/aromatic N) is 4. The Balaban J connectivity index is 0.000000182. The number of ether oxygens (including phenoxy) is 10. The van der Waals surface area contributed by atoms with E-state index in [2.05, 4.69) is 20.6 Å². The van der Waals surface area contributed by atoms with Gasteiger partial charge in [-0.2, -0.15) is 0 Å². The van der Waals surface area contributed by atoms with E-state index in [0.29, 0.717) is 99.1 Å². The van der Waals surface area contributed by atoms with Crippen molar-refractivity contribution in [3.63, 3.8) is 0 Å². The molecule has 20 nitrogen and oxygen atoms in total. The number of rotatable bonds is 16. The van der Waals surface area contributed by atoms with Gasteiger partial charge >= 0.3 is 0 Å². The highest BCUT2D eigenvalue weighted by Gasteiger charge is 2.28. The van der Waals surface area contributed by atoms with E-state index in [9.17, 15) is 19.2 Å². The van der Waals surface area contributed by atoms with E-state index in [1.54, 1.807) is 86.8 Å². The second-order valence-electron chi connectivity index (χ2n) is 19.3. The number of fused-ring (bicyclic) bond motifs is 6. The molecular weight excluding hydrogens is 1160 g/mol. The van der Waals surface area contributed by atoms with Crippen LogP contribution in [0.25, 0.3) is 33.2 Å². The van der Waals surface area contributed by atoms with Gasteiger partial charge in [0.2, 0.25) is 11.5 Å². The fraction of sp³-hybridized carbons (Fsp3) is 0.169. The van der Waals surface area contributed by atoms with Crippen molar-refractivity contribution < 1.29 is 65.7 Å². The number of halogens is 3. The van der Waals surface area contributed by atoms with Gasteiger partial charge in [-0.15, -0.1) is 0 Å². The molecule has 6 aromatic carbocycles. The van der Waals surface area contributed by atoms with Crippen molar-refractivity contribution in [3.8, 4) is 80.4 Å². The first-order valence-corrected chi connectivity index (χ1v) is 27.8. The van der Waals surface area contributed by atoms with Gasteiger partial charge < -0.3 is 58.0 Å². The highest BCUT2D eigenvalue weighted by Crippen LogP contribution is 2.50. The molecule has 0 saturated carbocycles. The standard InChI is InChI=1S/C33H28FN3O7.C32H25ClFN3O7/c1-4-41-25-12-14-37(21-8-5-19(2)6-9-21)33(39)29(25)32(38)36-20-7-10-24(22(34)17-20)44-26-11-13-35-23-18-27(40-3)30-31(28(23)26)43-16-15-42-30;1-3-41-24-11-13-37(20-7-4-18(33)5-8-20)32(39)28(24)31(38)36-19-6-9-23(21(34)16-19)44-25-10-12-35-22-17-26(40-2)29-30(27(22)25)43-15-14-42-29/h5-14,17-18H,4,15-16H2,1-3H3,(H,36,38);4-13,16-17H,3,14-15H2,1-2H3,(H,36,38). The summed E-state index contributed by atoms with van der Waals surface area (Å²) in [6, 6.07) is 31.4. The molecule has 0 saturated heterocycles. The van der Waals surface area contributed by atoms with Crippen molar-refractivity contribution in [2.45, 2.75) is 20.8 Å². The van der Waals surface area contributed by atoms with Gasteiger partial charge in [0.25, 0.3) is 22.9 Å². The smallest absolute Gasteiger partial charge is 0.271 e. The van der Waals surface area contributed by atoms with Crippen LogP contribution in [0.5, 0.6) is 69.0 Å². The number of amides is 2. The summed E-state index contributed by atoms with van der Waals surface area (Å²) < 4.78 is 90.6. The summed E-state index contributed by atoms with van der Waals surface area (Å²) in [4.78, 5) is 62.4. The largest absolute Gasteiger partial charge is 0.493 e. The van der Waals surface area contributed by atoms with Crippen LogP contribution >= 0.6 is 11.6 Å². The number of aromatic nitrogens is 4. The summed E-state index contributed by atoms with van der Waals surface area (Å²) in [6.07, 6.45) is 6.10. The molecule has 4 aromatic heterocycles. The minimum Gasteiger partial charge on any atom is -0.493 e. The van der Waals surface area contributed by atoms with Gasteiger partial charge in [0.15, 0.2) is 46.1 Å². The van der Waals surface area contributed by atoms with E-state index in [-0.39, 0.29) is 70.2 Å². The predicted molar refractivity (Wildman–Crippen MR) is 324 cm³/mol. The Bertz CT molecular complexity index is 4170. The molecule has 88 heavy (non-hydrogen) atoms. The second-order valence-corrected chi connectivity index (χ2v) is 19.8. The molecule has 448 valence electrons. The first-order valence-electron chi connectivity index (χ1n) is 27.4. The molecule has 2 aliphatic heterocycles. The summed E-state index contributed by atoms with van der Waals surface area (Å²) in [5, 5.41) is 6.69. The maximum absolute atomic E-state index is 15.4. The number of hydrogen-bond donors (Lipinski definition) is 2. The Morgan fingerprint density at radius 2 is 0.932 bits per heavy atom. The van der Waals surface area contributed by atoms with Crippen LogP contribution in [0.3, 0.4) is 0 Å². The van der Waals surface area contributed by atoms with Crippen LogP contribution in [-0.2, 0) is 0 Å². The van der Waals surface area contributed by atoms with Crippen molar-refractivity contribution in [3.05, 3.63) is 200 Å². The molecule has 0 atom stereocenters. The Kier molecular flexibility index (Phi) is 17.2. The van der Waals surface area contributed by atoms with Gasteiger partial charge in [-0.3, -0.25) is 38.3 Å². The molecule has 0 bridgehead atoms. The van der Waals surface area contributed by atoms with Crippen molar-refractivity contribution in [1.29, 1.82) is 0 Å². The summed E-state index contributed by atoms with van der Waals surface area (Å²) in [6.45, 7) is 7.20. The summed E-state index contributed by atoms with van der Waals surface area (Å²) in [5.74, 6) is 0.0501. The lowest BCUT2D eigenvalue weighted by atomic mass is 10.1. The Hall–Kier alpha value is -10.9. The van der Waals surface area contributed by atoms with Crippen LogP contribution in [-0.4, -0.2) is 84.8 Å². The summed E-state index contributed by atoms with van der Waals surface area (Å²) >= 11 is 5.98. The molecule has 0 unspecified atom stereocenters. The number of carbonyl (C=O) groups excluding carboxylic acids is 2. The summed E-state index contributed by atoms with van der Waals surface area (Å²) in [5.41, 5.74) is 1.71. The molecule has 0 radical (unpaired) electrons. The second kappa shape index (κ2) is 25.8. The topological polar surface area (TPSA) is 220 Å². The van der Waals surface area contributed by atoms with Crippen LogP contribution < -0.4 is 69.1 Å². The minimum absolute atomic E-state index is 0.0939. The highest BCUT2D eigenvalue weighted by atomic mass is 35.5. The lowest BCUT2D eigenvalue weighted by molar-refractivity contribution is 0.101. The Labute approximate surface area is 505 Å². The van der Waals surface area contributed by atoms with E-state index in [4.69, 9.17) is 59.0 Å². The van der Waals surface area contributed by atoms with E-state index >= 15 is 8.78 Å². The van der Waals surface area contributed by atoms with E-state index in [1.807, 2.05) is 19.1 Å². The number of hydrogen-bond acceptors (Lipinski definition) is 16. The SMILES string of the molecule is CCOc1ccn(-c2ccc(C)cc2)c(=O)c1C(=O)Nc1ccc(Oc2ccnc3cc(OC)c4c(c23)OCCO4)c(F)c1.CCOc1ccn(-c2ccc(Cl)cc2)c(=O)c1C(=O)Nc1ccc(Oc2ccnc3cc(OC)c4c(c23)OCCO4)c(F)c1. The summed E-state index contributed by atoms with van der Waals surface area (Å²) in [7, 11) is 3.03. The zero-order chi connectivity index (χ0) is 61.6. The van der Waals surface area contributed by atoms with Crippen molar-refractivity contribution in [2.24, 2.45) is 0 Å². The predicted octanol–water partition coefficient (Wildman–Crippen LogP) is 12.5. The molecule has 23 heteroatoms. The Morgan fingerprint density at radius 3 is 1.33 bits per heavy atom. The molecule has 12 rings (SSSR count). The number of anilines is 2. The van der Waals surface area contributed by atoms with Crippen LogP contribution in [0.2, 0.25) is 5.02 Å². The highest BCUT2D eigenvalue weighted by molar-refractivity contribution is 6.30. The number of pyridine rings is 4. The third-order valence-electron chi connectivity index (χ3n) is 13.7. The fourth-order valence-electron chi connectivity index (χ4n) is 9.69. The Morgan fingerprint density at radius 1 is 0.523 bits per heavy atom. The number of methoxy groups -OCH3 is 2. The van der Waals surface area contributed by atoms with Gasteiger partial charge in [0.1, 0.15) is 60.6 Å².